The number of hydrogen-bond acceptors (Lipinski definition) is 2. The highest BCUT2D eigenvalue weighted by atomic mass is 19.4. The van der Waals surface area contributed by atoms with Crippen LogP contribution in [-0.4, -0.2) is 17.6 Å². The molecule has 6 heteroatoms. The monoisotopic (exact) mass is 287 g/mol. The molecule has 1 aliphatic carbocycles. The Hall–Kier alpha value is -1.72. The van der Waals surface area contributed by atoms with Gasteiger partial charge >= 0.3 is 12.1 Å². The average molecular weight is 287 g/mol. The summed E-state index contributed by atoms with van der Waals surface area (Å²) in [6.45, 7) is 0.572. The molecule has 2 rings (SSSR count). The first-order chi connectivity index (χ1) is 9.38. The topological polar surface area (TPSA) is 49.3 Å². The van der Waals surface area contributed by atoms with Crippen molar-refractivity contribution >= 4 is 11.7 Å². The lowest BCUT2D eigenvalue weighted by atomic mass is 10.1. The molecule has 110 valence electrons. The molecule has 0 heterocycles. The first-order valence-corrected chi connectivity index (χ1v) is 6.56. The van der Waals surface area contributed by atoms with Crippen molar-refractivity contribution in [2.75, 3.05) is 11.9 Å². The molecule has 0 unspecified atom stereocenters. The molecular weight excluding hydrogens is 271 g/mol. The fourth-order valence-corrected chi connectivity index (χ4v) is 2.07. The van der Waals surface area contributed by atoms with Gasteiger partial charge in [0.05, 0.1) is 11.1 Å². The summed E-state index contributed by atoms with van der Waals surface area (Å²) in [4.78, 5) is 11.0. The number of rotatable bonds is 6. The fourth-order valence-electron chi connectivity index (χ4n) is 2.07. The molecule has 1 aromatic rings. The van der Waals surface area contributed by atoms with Crippen molar-refractivity contribution in [2.24, 2.45) is 5.92 Å². The molecule has 0 bridgehead atoms. The molecule has 0 aromatic heterocycles. The summed E-state index contributed by atoms with van der Waals surface area (Å²) in [7, 11) is 0. The van der Waals surface area contributed by atoms with Crippen molar-refractivity contribution in [3.05, 3.63) is 29.3 Å². The van der Waals surface area contributed by atoms with Gasteiger partial charge in [-0.15, -0.1) is 0 Å². The van der Waals surface area contributed by atoms with Gasteiger partial charge < -0.3 is 10.4 Å². The van der Waals surface area contributed by atoms with Gasteiger partial charge in [0, 0.05) is 12.2 Å². The Bertz CT molecular complexity index is 496. The zero-order valence-corrected chi connectivity index (χ0v) is 10.8. The van der Waals surface area contributed by atoms with E-state index in [-0.39, 0.29) is 11.3 Å². The number of anilines is 1. The Morgan fingerprint density at radius 2 is 2.05 bits per heavy atom. The van der Waals surface area contributed by atoms with Gasteiger partial charge in [0.1, 0.15) is 0 Å². The Labute approximate surface area is 114 Å². The second kappa shape index (κ2) is 5.73. The van der Waals surface area contributed by atoms with E-state index >= 15 is 0 Å². The third-order valence-electron chi connectivity index (χ3n) is 3.38. The molecule has 0 spiro atoms. The number of carboxylic acid groups (broad SMARTS) is 1. The highest BCUT2D eigenvalue weighted by Gasteiger charge is 2.31. The number of carboxylic acids is 1. The van der Waals surface area contributed by atoms with Crippen LogP contribution in [0.5, 0.6) is 0 Å². The van der Waals surface area contributed by atoms with E-state index in [9.17, 15) is 18.0 Å². The highest BCUT2D eigenvalue weighted by Crippen LogP contribution is 2.34. The van der Waals surface area contributed by atoms with Crippen LogP contribution in [0.2, 0.25) is 0 Å². The number of halogens is 3. The van der Waals surface area contributed by atoms with Crippen LogP contribution in [0.25, 0.3) is 0 Å². The molecule has 1 saturated carbocycles. The van der Waals surface area contributed by atoms with Crippen molar-refractivity contribution in [1.29, 1.82) is 0 Å². The van der Waals surface area contributed by atoms with Crippen LogP contribution in [0.3, 0.4) is 0 Å². The minimum absolute atomic E-state index is 0.237. The Balaban J connectivity index is 2.04. The summed E-state index contributed by atoms with van der Waals surface area (Å²) >= 11 is 0. The summed E-state index contributed by atoms with van der Waals surface area (Å²) in [5, 5.41) is 11.9. The molecule has 20 heavy (non-hydrogen) atoms. The molecule has 3 nitrogen and oxygen atoms in total. The minimum atomic E-state index is -4.53. The van der Waals surface area contributed by atoms with Crippen LogP contribution >= 0.6 is 0 Å². The predicted molar refractivity (Wildman–Crippen MR) is 68.9 cm³/mol. The third kappa shape index (κ3) is 3.88. The lowest BCUT2D eigenvalue weighted by molar-refractivity contribution is -0.137. The van der Waals surface area contributed by atoms with Gasteiger partial charge in [-0.25, -0.2) is 4.79 Å². The molecule has 0 amide bonds. The summed E-state index contributed by atoms with van der Waals surface area (Å²) < 4.78 is 37.7. The van der Waals surface area contributed by atoms with Gasteiger partial charge in [-0.2, -0.15) is 13.2 Å². The second-order valence-electron chi connectivity index (χ2n) is 5.08. The molecule has 2 N–H and O–H groups in total. The normalized spacial score (nSPS) is 15.2. The van der Waals surface area contributed by atoms with E-state index in [0.29, 0.717) is 12.6 Å². The number of carbonyl (C=O) groups is 1. The molecule has 0 atom stereocenters. The number of benzene rings is 1. The smallest absolute Gasteiger partial charge is 0.416 e. The summed E-state index contributed by atoms with van der Waals surface area (Å²) in [6, 6.07) is 2.75. The second-order valence-corrected chi connectivity index (χ2v) is 5.08. The van der Waals surface area contributed by atoms with Crippen molar-refractivity contribution in [2.45, 2.75) is 31.9 Å². The molecular formula is C14H16F3NO2. The van der Waals surface area contributed by atoms with Gasteiger partial charge in [0.15, 0.2) is 0 Å². The van der Waals surface area contributed by atoms with Gasteiger partial charge in [-0.3, -0.25) is 0 Å². The minimum Gasteiger partial charge on any atom is -0.478 e. The largest absolute Gasteiger partial charge is 0.478 e. The SMILES string of the molecule is O=C(O)c1cc(C(F)(F)F)ccc1NCCCC1CC1. The van der Waals surface area contributed by atoms with E-state index in [1.54, 1.807) is 0 Å². The number of alkyl halides is 3. The summed E-state index contributed by atoms with van der Waals surface area (Å²) in [6.07, 6.45) is -0.0587. The predicted octanol–water partition coefficient (Wildman–Crippen LogP) is 4.01. The van der Waals surface area contributed by atoms with Crippen molar-refractivity contribution in [1.82, 2.24) is 0 Å². The zero-order valence-electron chi connectivity index (χ0n) is 10.8. The maximum Gasteiger partial charge on any atom is 0.416 e. The van der Waals surface area contributed by atoms with Crippen LogP contribution < -0.4 is 5.32 Å². The fraction of sp³-hybridized carbons (Fsp3) is 0.500. The van der Waals surface area contributed by atoms with Crippen molar-refractivity contribution in [3.8, 4) is 0 Å². The third-order valence-corrected chi connectivity index (χ3v) is 3.38. The lowest BCUT2D eigenvalue weighted by Gasteiger charge is -2.12. The molecule has 0 radical (unpaired) electrons. The molecule has 1 aliphatic rings. The maximum absolute atomic E-state index is 12.6. The Morgan fingerprint density at radius 3 is 2.60 bits per heavy atom. The van der Waals surface area contributed by atoms with E-state index in [4.69, 9.17) is 5.11 Å². The van der Waals surface area contributed by atoms with Crippen molar-refractivity contribution < 1.29 is 23.1 Å². The summed E-state index contributed by atoms with van der Waals surface area (Å²) in [5.74, 6) is -0.579. The zero-order chi connectivity index (χ0) is 14.8. The van der Waals surface area contributed by atoms with Gasteiger partial charge in [-0.05, 0) is 37.0 Å². The Kier molecular flexibility index (Phi) is 4.20. The van der Waals surface area contributed by atoms with Gasteiger partial charge in [0.25, 0.3) is 0 Å². The van der Waals surface area contributed by atoms with Crippen LogP contribution in [0, 0.1) is 5.92 Å². The molecule has 1 fully saturated rings. The maximum atomic E-state index is 12.6. The first kappa shape index (κ1) is 14.7. The van der Waals surface area contributed by atoms with E-state index in [2.05, 4.69) is 5.32 Å². The van der Waals surface area contributed by atoms with Crippen LogP contribution in [0.1, 0.15) is 41.6 Å². The van der Waals surface area contributed by atoms with E-state index in [1.807, 2.05) is 0 Å². The van der Waals surface area contributed by atoms with Crippen molar-refractivity contribution in [3.63, 3.8) is 0 Å². The standard InChI is InChI=1S/C14H16F3NO2/c15-14(16,17)10-5-6-12(11(8-10)13(19)20)18-7-1-2-9-3-4-9/h5-6,8-9,18H,1-4,7H2,(H,19,20). The first-order valence-electron chi connectivity index (χ1n) is 6.56. The Morgan fingerprint density at radius 1 is 1.35 bits per heavy atom. The summed E-state index contributed by atoms with van der Waals surface area (Å²) in [5.41, 5.74) is -1.05. The quantitative estimate of drug-likeness (QED) is 0.777. The highest BCUT2D eigenvalue weighted by molar-refractivity contribution is 5.94. The number of hydrogen-bond donors (Lipinski definition) is 2. The van der Waals surface area contributed by atoms with Crippen LogP contribution in [-0.2, 0) is 6.18 Å². The lowest BCUT2D eigenvalue weighted by Crippen LogP contribution is -2.11. The molecule has 1 aromatic carbocycles. The molecule has 0 aliphatic heterocycles. The number of nitrogens with one attached hydrogen (secondary N) is 1. The van der Waals surface area contributed by atoms with E-state index < -0.39 is 17.7 Å². The van der Waals surface area contributed by atoms with Crippen LogP contribution in [0.15, 0.2) is 18.2 Å². The number of aromatic carboxylic acids is 1. The van der Waals surface area contributed by atoms with Gasteiger partial charge in [-0.1, -0.05) is 12.8 Å². The molecule has 0 saturated heterocycles. The van der Waals surface area contributed by atoms with Crippen LogP contribution in [0.4, 0.5) is 18.9 Å². The van der Waals surface area contributed by atoms with Gasteiger partial charge in [0.2, 0.25) is 0 Å². The average Bonchev–Trinajstić information content (AvgIpc) is 3.17. The van der Waals surface area contributed by atoms with E-state index in [0.717, 1.165) is 24.8 Å². The van der Waals surface area contributed by atoms with E-state index in [1.165, 1.54) is 18.9 Å².